The number of nitrogens with two attached hydrogens (primary N) is 1. The summed E-state index contributed by atoms with van der Waals surface area (Å²) in [5.74, 6) is 4.91. The molecule has 2 unspecified atom stereocenters. The van der Waals surface area contributed by atoms with E-state index in [-0.39, 0.29) is 18.8 Å². The van der Waals surface area contributed by atoms with Crippen LogP contribution >= 0.6 is 0 Å². The smallest absolute Gasteiger partial charge is 0.107 e. The molecule has 0 aromatic carbocycles. The predicted molar refractivity (Wildman–Crippen MR) is 52.7 cm³/mol. The summed E-state index contributed by atoms with van der Waals surface area (Å²) >= 11 is 0. The summed E-state index contributed by atoms with van der Waals surface area (Å²) in [5.41, 5.74) is 0. The molecule has 5 nitrogen and oxygen atoms in total. The lowest BCUT2D eigenvalue weighted by Crippen LogP contribution is -2.39. The first kappa shape index (κ1) is 13.8. The van der Waals surface area contributed by atoms with Gasteiger partial charge in [0.1, 0.15) is 6.10 Å². The second-order valence-corrected chi connectivity index (χ2v) is 2.98. The highest BCUT2D eigenvalue weighted by molar-refractivity contribution is 4.66. The van der Waals surface area contributed by atoms with E-state index in [0.29, 0.717) is 19.8 Å². The summed E-state index contributed by atoms with van der Waals surface area (Å²) in [6, 6.07) is 0. The largest absolute Gasteiger partial charge is 0.397 e. The van der Waals surface area contributed by atoms with Crippen molar-refractivity contribution in [1.29, 1.82) is 0 Å². The SMILES string of the molecule is CCC1COCC(CON)O1.CCO. The van der Waals surface area contributed by atoms with Gasteiger partial charge < -0.3 is 19.4 Å². The van der Waals surface area contributed by atoms with E-state index in [2.05, 4.69) is 11.8 Å². The molecule has 2 atom stereocenters. The number of rotatable bonds is 3. The van der Waals surface area contributed by atoms with Crippen molar-refractivity contribution in [2.75, 3.05) is 26.4 Å². The van der Waals surface area contributed by atoms with Crippen LogP contribution in [0.2, 0.25) is 0 Å². The molecule has 1 heterocycles. The Bertz CT molecular complexity index is 121. The zero-order valence-corrected chi connectivity index (χ0v) is 8.94. The Balaban J connectivity index is 0.000000500. The fraction of sp³-hybridized carbons (Fsp3) is 1.00. The van der Waals surface area contributed by atoms with Crippen molar-refractivity contribution in [3.05, 3.63) is 0 Å². The molecule has 0 spiro atoms. The fourth-order valence-electron chi connectivity index (χ4n) is 1.09. The molecule has 1 fully saturated rings. The molecule has 0 aromatic rings. The van der Waals surface area contributed by atoms with Crippen molar-refractivity contribution < 1.29 is 19.4 Å². The van der Waals surface area contributed by atoms with Gasteiger partial charge in [-0.15, -0.1) is 0 Å². The van der Waals surface area contributed by atoms with E-state index < -0.39 is 0 Å². The quantitative estimate of drug-likeness (QED) is 0.641. The number of ether oxygens (including phenoxy) is 2. The van der Waals surface area contributed by atoms with Gasteiger partial charge in [-0.1, -0.05) is 6.92 Å². The van der Waals surface area contributed by atoms with Crippen LogP contribution in [0.3, 0.4) is 0 Å². The highest BCUT2D eigenvalue weighted by Crippen LogP contribution is 2.10. The second-order valence-electron chi connectivity index (χ2n) is 2.98. The van der Waals surface area contributed by atoms with Gasteiger partial charge in [0, 0.05) is 6.61 Å². The molecule has 0 aliphatic carbocycles. The Morgan fingerprint density at radius 1 is 1.36 bits per heavy atom. The zero-order valence-electron chi connectivity index (χ0n) is 8.94. The van der Waals surface area contributed by atoms with E-state index in [1.54, 1.807) is 6.92 Å². The number of hydrogen-bond donors (Lipinski definition) is 2. The standard InChI is InChI=1S/C7H15NO3.C2H6O/c1-2-6-3-9-4-7(11-6)5-10-8;1-2-3/h6-7H,2-5,8H2,1H3;3H,2H2,1H3. The number of aliphatic hydroxyl groups excluding tert-OH is 1. The molecule has 1 rings (SSSR count). The predicted octanol–water partition coefficient (Wildman–Crippen LogP) is 0.0693. The summed E-state index contributed by atoms with van der Waals surface area (Å²) in [6.45, 7) is 5.70. The maximum absolute atomic E-state index is 7.57. The van der Waals surface area contributed by atoms with Gasteiger partial charge in [-0.3, -0.25) is 0 Å². The topological polar surface area (TPSA) is 73.9 Å². The molecule has 5 heteroatoms. The lowest BCUT2D eigenvalue weighted by molar-refractivity contribution is -0.158. The van der Waals surface area contributed by atoms with Crippen LogP contribution in [-0.2, 0) is 14.3 Å². The highest BCUT2D eigenvalue weighted by atomic mass is 16.6. The van der Waals surface area contributed by atoms with Crippen LogP contribution in [0.25, 0.3) is 0 Å². The van der Waals surface area contributed by atoms with Gasteiger partial charge in [0.05, 0.1) is 25.9 Å². The van der Waals surface area contributed by atoms with Crippen LogP contribution in [0.5, 0.6) is 0 Å². The summed E-state index contributed by atoms with van der Waals surface area (Å²) < 4.78 is 10.8. The summed E-state index contributed by atoms with van der Waals surface area (Å²) in [6.07, 6.45) is 1.20. The molecule has 14 heavy (non-hydrogen) atoms. The van der Waals surface area contributed by atoms with Crippen molar-refractivity contribution in [2.24, 2.45) is 5.90 Å². The molecular formula is C9H21NO4. The van der Waals surface area contributed by atoms with Crippen LogP contribution in [0.4, 0.5) is 0 Å². The van der Waals surface area contributed by atoms with Gasteiger partial charge >= 0.3 is 0 Å². The van der Waals surface area contributed by atoms with E-state index in [1.807, 2.05) is 0 Å². The number of aliphatic hydroxyl groups is 1. The Morgan fingerprint density at radius 2 is 1.93 bits per heavy atom. The van der Waals surface area contributed by atoms with E-state index in [0.717, 1.165) is 6.42 Å². The molecule has 3 N–H and O–H groups in total. The Morgan fingerprint density at radius 3 is 2.43 bits per heavy atom. The number of hydrogen-bond acceptors (Lipinski definition) is 5. The second kappa shape index (κ2) is 9.36. The third kappa shape index (κ3) is 6.28. The molecule has 0 aromatic heterocycles. The molecular weight excluding hydrogens is 186 g/mol. The maximum Gasteiger partial charge on any atom is 0.107 e. The van der Waals surface area contributed by atoms with E-state index >= 15 is 0 Å². The van der Waals surface area contributed by atoms with Crippen LogP contribution in [-0.4, -0.2) is 43.7 Å². The molecule has 1 aliphatic rings. The van der Waals surface area contributed by atoms with E-state index in [4.69, 9.17) is 20.5 Å². The van der Waals surface area contributed by atoms with Crippen molar-refractivity contribution in [3.63, 3.8) is 0 Å². The third-order valence-electron chi connectivity index (χ3n) is 1.73. The van der Waals surface area contributed by atoms with Crippen LogP contribution in [0.15, 0.2) is 0 Å². The van der Waals surface area contributed by atoms with Gasteiger partial charge in [-0.2, -0.15) is 0 Å². The van der Waals surface area contributed by atoms with Gasteiger partial charge in [0.25, 0.3) is 0 Å². The minimum atomic E-state index is 0.0127. The van der Waals surface area contributed by atoms with Crippen molar-refractivity contribution in [2.45, 2.75) is 32.5 Å². The Hall–Kier alpha value is -0.200. The van der Waals surface area contributed by atoms with E-state index in [9.17, 15) is 0 Å². The maximum atomic E-state index is 7.57. The van der Waals surface area contributed by atoms with Crippen molar-refractivity contribution in [3.8, 4) is 0 Å². The molecule has 0 radical (unpaired) electrons. The summed E-state index contributed by atoms with van der Waals surface area (Å²) in [5, 5.41) is 7.57. The normalized spacial score (nSPS) is 26.6. The van der Waals surface area contributed by atoms with Gasteiger partial charge in [0.15, 0.2) is 0 Å². The van der Waals surface area contributed by atoms with Crippen LogP contribution in [0, 0.1) is 0 Å². The van der Waals surface area contributed by atoms with Crippen molar-refractivity contribution in [1.82, 2.24) is 0 Å². The Kier molecular flexibility index (Phi) is 9.23. The molecule has 0 bridgehead atoms. The highest BCUT2D eigenvalue weighted by Gasteiger charge is 2.21. The van der Waals surface area contributed by atoms with Crippen molar-refractivity contribution >= 4 is 0 Å². The average Bonchev–Trinajstić information content (AvgIpc) is 2.20. The monoisotopic (exact) mass is 207 g/mol. The first-order valence-electron chi connectivity index (χ1n) is 4.94. The molecule has 0 amide bonds. The lowest BCUT2D eigenvalue weighted by atomic mass is 10.2. The minimum Gasteiger partial charge on any atom is -0.397 e. The lowest BCUT2D eigenvalue weighted by Gasteiger charge is -2.28. The third-order valence-corrected chi connectivity index (χ3v) is 1.73. The summed E-state index contributed by atoms with van der Waals surface area (Å²) in [7, 11) is 0. The first-order valence-corrected chi connectivity index (χ1v) is 4.94. The zero-order chi connectivity index (χ0) is 10.8. The van der Waals surface area contributed by atoms with Gasteiger partial charge in [0.2, 0.25) is 0 Å². The summed E-state index contributed by atoms with van der Waals surface area (Å²) in [4.78, 5) is 4.47. The molecule has 86 valence electrons. The molecule has 1 saturated heterocycles. The fourth-order valence-corrected chi connectivity index (χ4v) is 1.09. The van der Waals surface area contributed by atoms with Crippen LogP contribution < -0.4 is 5.90 Å². The first-order chi connectivity index (χ1) is 6.78. The minimum absolute atomic E-state index is 0.0127. The van der Waals surface area contributed by atoms with Gasteiger partial charge in [-0.05, 0) is 13.3 Å². The van der Waals surface area contributed by atoms with Crippen LogP contribution in [0.1, 0.15) is 20.3 Å². The van der Waals surface area contributed by atoms with Gasteiger partial charge in [-0.25, -0.2) is 5.90 Å². The average molecular weight is 207 g/mol. The van der Waals surface area contributed by atoms with E-state index in [1.165, 1.54) is 0 Å². The molecule has 0 saturated carbocycles. The Labute approximate surface area is 85.1 Å². The molecule has 1 aliphatic heterocycles.